The first-order valence-electron chi connectivity index (χ1n) is 7.26. The number of anilines is 1. The molecule has 0 aliphatic heterocycles. The molecule has 22 heavy (non-hydrogen) atoms. The van der Waals surface area contributed by atoms with E-state index in [0.717, 1.165) is 13.0 Å². The predicted octanol–water partition coefficient (Wildman–Crippen LogP) is 1.15. The van der Waals surface area contributed by atoms with Gasteiger partial charge >= 0.3 is 0 Å². The van der Waals surface area contributed by atoms with E-state index in [4.69, 9.17) is 0 Å². The Morgan fingerprint density at radius 2 is 1.77 bits per heavy atom. The monoisotopic (exact) mass is 327 g/mol. The Balaban J connectivity index is 2.66. The summed E-state index contributed by atoms with van der Waals surface area (Å²) >= 11 is 0. The Kier molecular flexibility index (Phi) is 6.83. The molecule has 7 heteroatoms. The Hall–Kier alpha value is -1.60. The number of nitrogens with zero attached hydrogens (tertiary/aromatic N) is 2. The molecule has 1 aromatic rings. The lowest BCUT2D eigenvalue weighted by Crippen LogP contribution is -2.29. The number of carbonyl (C=O) groups is 1. The SMILES string of the molecule is CCN(c1ccc(C(=O)NCCCN(C)C)cc1)S(C)(=O)=O. The number of sulfonamides is 1. The molecule has 6 nitrogen and oxygen atoms in total. The minimum Gasteiger partial charge on any atom is -0.352 e. The molecule has 1 N–H and O–H groups in total. The Morgan fingerprint density at radius 3 is 2.23 bits per heavy atom. The molecule has 1 amide bonds. The lowest BCUT2D eigenvalue weighted by molar-refractivity contribution is 0.0952. The summed E-state index contributed by atoms with van der Waals surface area (Å²) in [7, 11) is 0.677. The molecule has 0 spiro atoms. The van der Waals surface area contributed by atoms with E-state index in [0.29, 0.717) is 24.3 Å². The molecule has 0 aliphatic carbocycles. The number of hydrogen-bond acceptors (Lipinski definition) is 4. The van der Waals surface area contributed by atoms with Gasteiger partial charge in [0.25, 0.3) is 5.91 Å². The summed E-state index contributed by atoms with van der Waals surface area (Å²) in [6, 6.07) is 6.59. The van der Waals surface area contributed by atoms with Crippen LogP contribution in [0.15, 0.2) is 24.3 Å². The first kappa shape index (κ1) is 18.4. The summed E-state index contributed by atoms with van der Waals surface area (Å²) in [6.07, 6.45) is 2.05. The molecule has 0 heterocycles. The predicted molar refractivity (Wildman–Crippen MR) is 89.8 cm³/mol. The molecule has 0 bridgehead atoms. The van der Waals surface area contributed by atoms with Gasteiger partial charge in [-0.2, -0.15) is 0 Å². The van der Waals surface area contributed by atoms with Crippen LogP contribution >= 0.6 is 0 Å². The average molecular weight is 327 g/mol. The van der Waals surface area contributed by atoms with Crippen LogP contribution in [0.2, 0.25) is 0 Å². The van der Waals surface area contributed by atoms with Gasteiger partial charge in [-0.05, 0) is 58.3 Å². The number of hydrogen-bond donors (Lipinski definition) is 1. The van der Waals surface area contributed by atoms with E-state index in [-0.39, 0.29) is 5.91 Å². The fourth-order valence-electron chi connectivity index (χ4n) is 2.09. The number of carbonyl (C=O) groups excluding carboxylic acids is 1. The largest absolute Gasteiger partial charge is 0.352 e. The number of rotatable bonds is 8. The third-order valence-electron chi connectivity index (χ3n) is 3.17. The standard InChI is InChI=1S/C15H25N3O3S/c1-5-18(22(4,20)21)14-9-7-13(8-10-14)15(19)16-11-6-12-17(2)3/h7-10H,5-6,11-12H2,1-4H3,(H,16,19). The van der Waals surface area contributed by atoms with Gasteiger partial charge in [0.1, 0.15) is 0 Å². The topological polar surface area (TPSA) is 69.7 Å². The molecule has 0 radical (unpaired) electrons. The van der Waals surface area contributed by atoms with Crippen LogP contribution in [0.4, 0.5) is 5.69 Å². The van der Waals surface area contributed by atoms with Crippen molar-refractivity contribution >= 4 is 21.6 Å². The van der Waals surface area contributed by atoms with Gasteiger partial charge < -0.3 is 10.2 Å². The van der Waals surface area contributed by atoms with Crippen LogP contribution < -0.4 is 9.62 Å². The molecular formula is C15H25N3O3S. The summed E-state index contributed by atoms with van der Waals surface area (Å²) in [5, 5.41) is 2.85. The van der Waals surface area contributed by atoms with Gasteiger partial charge in [0.2, 0.25) is 10.0 Å². The van der Waals surface area contributed by atoms with Gasteiger partial charge in [-0.15, -0.1) is 0 Å². The van der Waals surface area contributed by atoms with Crippen LogP contribution in [0.1, 0.15) is 23.7 Å². The van der Waals surface area contributed by atoms with E-state index in [1.165, 1.54) is 10.6 Å². The van der Waals surface area contributed by atoms with Crippen molar-refractivity contribution in [2.24, 2.45) is 0 Å². The third-order valence-corrected chi connectivity index (χ3v) is 4.44. The lowest BCUT2D eigenvalue weighted by atomic mass is 10.2. The highest BCUT2D eigenvalue weighted by Gasteiger charge is 2.15. The van der Waals surface area contributed by atoms with Gasteiger partial charge in [-0.1, -0.05) is 0 Å². The van der Waals surface area contributed by atoms with E-state index in [9.17, 15) is 13.2 Å². The molecule has 0 atom stereocenters. The summed E-state index contributed by atoms with van der Waals surface area (Å²) in [6.45, 7) is 3.66. The van der Waals surface area contributed by atoms with E-state index in [1.807, 2.05) is 14.1 Å². The second kappa shape index (κ2) is 8.14. The molecule has 124 valence electrons. The summed E-state index contributed by atoms with van der Waals surface area (Å²) in [5.41, 5.74) is 1.09. The smallest absolute Gasteiger partial charge is 0.251 e. The van der Waals surface area contributed by atoms with Gasteiger partial charge in [0, 0.05) is 18.7 Å². The highest BCUT2D eigenvalue weighted by molar-refractivity contribution is 7.92. The van der Waals surface area contributed by atoms with Gasteiger partial charge in [0.05, 0.1) is 11.9 Å². The molecular weight excluding hydrogens is 302 g/mol. The zero-order chi connectivity index (χ0) is 16.8. The van der Waals surface area contributed by atoms with Crippen molar-refractivity contribution in [2.75, 3.05) is 44.3 Å². The Labute approximate surface area is 133 Å². The molecule has 0 saturated heterocycles. The maximum atomic E-state index is 12.0. The van der Waals surface area contributed by atoms with Crippen LogP contribution in [0, 0.1) is 0 Å². The lowest BCUT2D eigenvalue weighted by Gasteiger charge is -2.20. The van der Waals surface area contributed by atoms with Crippen molar-refractivity contribution < 1.29 is 13.2 Å². The van der Waals surface area contributed by atoms with Crippen molar-refractivity contribution in [3.05, 3.63) is 29.8 Å². The second-order valence-corrected chi connectivity index (χ2v) is 7.29. The van der Waals surface area contributed by atoms with Crippen LogP contribution in [-0.4, -0.2) is 59.2 Å². The van der Waals surface area contributed by atoms with Crippen LogP contribution in [0.5, 0.6) is 0 Å². The summed E-state index contributed by atoms with van der Waals surface area (Å²) in [4.78, 5) is 14.0. The first-order valence-corrected chi connectivity index (χ1v) is 9.11. The first-order chi connectivity index (χ1) is 10.3. The molecule has 0 aromatic heterocycles. The van der Waals surface area contributed by atoms with Crippen LogP contribution in [0.25, 0.3) is 0 Å². The molecule has 0 unspecified atom stereocenters. The van der Waals surface area contributed by atoms with Crippen LogP contribution in [0.3, 0.4) is 0 Å². The van der Waals surface area contributed by atoms with Gasteiger partial charge in [-0.3, -0.25) is 9.10 Å². The van der Waals surface area contributed by atoms with Crippen molar-refractivity contribution in [1.82, 2.24) is 10.2 Å². The zero-order valence-electron chi connectivity index (χ0n) is 13.7. The maximum absolute atomic E-state index is 12.0. The second-order valence-electron chi connectivity index (χ2n) is 5.39. The minimum absolute atomic E-state index is 0.146. The van der Waals surface area contributed by atoms with Crippen molar-refractivity contribution in [1.29, 1.82) is 0 Å². The number of amides is 1. The molecule has 1 rings (SSSR count). The number of nitrogens with one attached hydrogen (secondary N) is 1. The Bertz CT molecular complexity index is 583. The van der Waals surface area contributed by atoms with Gasteiger partial charge in [-0.25, -0.2) is 8.42 Å². The van der Waals surface area contributed by atoms with E-state index < -0.39 is 10.0 Å². The van der Waals surface area contributed by atoms with E-state index in [2.05, 4.69) is 10.2 Å². The van der Waals surface area contributed by atoms with Gasteiger partial charge in [0.15, 0.2) is 0 Å². The van der Waals surface area contributed by atoms with Crippen molar-refractivity contribution in [3.63, 3.8) is 0 Å². The van der Waals surface area contributed by atoms with Crippen molar-refractivity contribution in [3.8, 4) is 0 Å². The quantitative estimate of drug-likeness (QED) is 0.727. The molecule has 1 aromatic carbocycles. The van der Waals surface area contributed by atoms with Crippen molar-refractivity contribution in [2.45, 2.75) is 13.3 Å². The Morgan fingerprint density at radius 1 is 1.18 bits per heavy atom. The fraction of sp³-hybridized carbons (Fsp3) is 0.533. The normalized spacial score (nSPS) is 11.5. The number of benzene rings is 1. The van der Waals surface area contributed by atoms with E-state index >= 15 is 0 Å². The zero-order valence-corrected chi connectivity index (χ0v) is 14.5. The van der Waals surface area contributed by atoms with E-state index in [1.54, 1.807) is 31.2 Å². The fourth-order valence-corrected chi connectivity index (χ4v) is 3.06. The minimum atomic E-state index is -3.30. The molecule has 0 fully saturated rings. The highest BCUT2D eigenvalue weighted by Crippen LogP contribution is 2.17. The molecule has 0 saturated carbocycles. The highest BCUT2D eigenvalue weighted by atomic mass is 32.2. The summed E-state index contributed by atoms with van der Waals surface area (Å²) in [5.74, 6) is -0.146. The third kappa shape index (κ3) is 5.65. The summed E-state index contributed by atoms with van der Waals surface area (Å²) < 4.78 is 24.6. The maximum Gasteiger partial charge on any atom is 0.251 e. The average Bonchev–Trinajstić information content (AvgIpc) is 2.43. The molecule has 0 aliphatic rings. The van der Waals surface area contributed by atoms with Crippen LogP contribution in [-0.2, 0) is 10.0 Å².